The van der Waals surface area contributed by atoms with Crippen molar-refractivity contribution in [3.05, 3.63) is 21.9 Å². The van der Waals surface area contributed by atoms with Crippen LogP contribution in [0, 0.1) is 0 Å². The van der Waals surface area contributed by atoms with Gasteiger partial charge >= 0.3 is 5.97 Å². The molecule has 1 amide bonds. The van der Waals surface area contributed by atoms with Gasteiger partial charge in [0.25, 0.3) is 0 Å². The van der Waals surface area contributed by atoms with Crippen LogP contribution in [0.5, 0.6) is 0 Å². The number of thiophene rings is 1. The Bertz CT molecular complexity index is 387. The predicted octanol–water partition coefficient (Wildman–Crippen LogP) is 0.624. The summed E-state index contributed by atoms with van der Waals surface area (Å²) in [4.78, 5) is 24.6. The largest absolute Gasteiger partial charge is 0.477 e. The lowest BCUT2D eigenvalue weighted by Gasteiger charge is -2.10. The summed E-state index contributed by atoms with van der Waals surface area (Å²) >= 11 is 1.21. The summed E-state index contributed by atoms with van der Waals surface area (Å²) in [6.07, 6.45) is 0. The molecule has 0 unspecified atom stereocenters. The van der Waals surface area contributed by atoms with Gasteiger partial charge in [0.1, 0.15) is 4.88 Å². The van der Waals surface area contributed by atoms with Crippen molar-refractivity contribution in [2.45, 2.75) is 6.54 Å². The molecule has 5 nitrogen and oxygen atoms in total. The van der Waals surface area contributed by atoms with Gasteiger partial charge in [-0.1, -0.05) is 0 Å². The number of carboxylic acids is 1. The van der Waals surface area contributed by atoms with Crippen LogP contribution in [0.15, 0.2) is 12.1 Å². The molecule has 1 rings (SSSR count). The van der Waals surface area contributed by atoms with E-state index in [-0.39, 0.29) is 12.5 Å². The molecule has 1 heterocycles. The van der Waals surface area contributed by atoms with Gasteiger partial charge in [-0.05, 0) is 12.1 Å². The molecule has 0 bridgehead atoms. The number of amides is 1. The van der Waals surface area contributed by atoms with Gasteiger partial charge in [0.15, 0.2) is 0 Å². The van der Waals surface area contributed by atoms with E-state index in [2.05, 4.69) is 5.32 Å². The molecule has 1 aromatic heterocycles. The molecule has 6 heteroatoms. The molecule has 0 saturated carbocycles. The highest BCUT2D eigenvalue weighted by molar-refractivity contribution is 7.13. The van der Waals surface area contributed by atoms with E-state index >= 15 is 0 Å². The minimum Gasteiger partial charge on any atom is -0.477 e. The average Bonchev–Trinajstić information content (AvgIpc) is 2.66. The lowest BCUT2D eigenvalue weighted by atomic mass is 10.4. The third-order valence-electron chi connectivity index (χ3n) is 1.95. The molecular weight excluding hydrogens is 228 g/mol. The van der Waals surface area contributed by atoms with Crippen LogP contribution < -0.4 is 5.32 Å². The highest BCUT2D eigenvalue weighted by atomic mass is 32.1. The molecule has 88 valence electrons. The molecule has 0 aliphatic carbocycles. The zero-order chi connectivity index (χ0) is 12.1. The Balaban J connectivity index is 2.37. The molecule has 0 aliphatic heterocycles. The SMILES string of the molecule is CN(C)C(=O)CNCc1ccc(C(=O)O)s1. The zero-order valence-electron chi connectivity index (χ0n) is 9.19. The summed E-state index contributed by atoms with van der Waals surface area (Å²) in [7, 11) is 3.38. The zero-order valence-corrected chi connectivity index (χ0v) is 10.0. The lowest BCUT2D eigenvalue weighted by molar-refractivity contribution is -0.127. The fraction of sp³-hybridized carbons (Fsp3) is 0.400. The first kappa shape index (κ1) is 12.7. The monoisotopic (exact) mass is 242 g/mol. The van der Waals surface area contributed by atoms with Crippen molar-refractivity contribution in [2.75, 3.05) is 20.6 Å². The van der Waals surface area contributed by atoms with Crippen molar-refractivity contribution >= 4 is 23.2 Å². The molecule has 2 N–H and O–H groups in total. The summed E-state index contributed by atoms with van der Waals surface area (Å²) < 4.78 is 0. The van der Waals surface area contributed by atoms with E-state index in [9.17, 15) is 9.59 Å². The highest BCUT2D eigenvalue weighted by Gasteiger charge is 2.07. The van der Waals surface area contributed by atoms with Crippen LogP contribution >= 0.6 is 11.3 Å². The van der Waals surface area contributed by atoms with Crippen molar-refractivity contribution in [1.29, 1.82) is 0 Å². The van der Waals surface area contributed by atoms with Crippen molar-refractivity contribution in [3.63, 3.8) is 0 Å². The van der Waals surface area contributed by atoms with Gasteiger partial charge in [0.05, 0.1) is 6.54 Å². The van der Waals surface area contributed by atoms with Crippen molar-refractivity contribution in [3.8, 4) is 0 Å². The smallest absolute Gasteiger partial charge is 0.345 e. The van der Waals surface area contributed by atoms with Crippen molar-refractivity contribution in [1.82, 2.24) is 10.2 Å². The summed E-state index contributed by atoms with van der Waals surface area (Å²) in [5, 5.41) is 11.7. The van der Waals surface area contributed by atoms with Crippen molar-refractivity contribution in [2.24, 2.45) is 0 Å². The van der Waals surface area contributed by atoms with Gasteiger partial charge in [0, 0.05) is 25.5 Å². The second kappa shape index (κ2) is 5.62. The number of carboxylic acid groups (broad SMARTS) is 1. The number of carbonyl (C=O) groups is 2. The van der Waals surface area contributed by atoms with E-state index in [1.165, 1.54) is 16.2 Å². The summed E-state index contributed by atoms with van der Waals surface area (Å²) in [6.45, 7) is 0.769. The molecule has 0 aliphatic rings. The molecule has 0 fully saturated rings. The minimum absolute atomic E-state index is 0.00462. The number of nitrogens with zero attached hydrogens (tertiary/aromatic N) is 1. The minimum atomic E-state index is -0.916. The quantitative estimate of drug-likeness (QED) is 0.794. The Kier molecular flexibility index (Phi) is 4.45. The lowest BCUT2D eigenvalue weighted by Crippen LogP contribution is -2.32. The molecule has 0 saturated heterocycles. The normalized spacial score (nSPS) is 10.1. The molecule has 0 aromatic carbocycles. The molecular formula is C10H14N2O3S. The Morgan fingerprint density at radius 3 is 2.62 bits per heavy atom. The van der Waals surface area contributed by atoms with Crippen LogP contribution in [0.2, 0.25) is 0 Å². The third kappa shape index (κ3) is 3.63. The molecule has 0 spiro atoms. The van der Waals surface area contributed by atoms with Gasteiger partial charge in [-0.2, -0.15) is 0 Å². The molecule has 0 atom stereocenters. The number of nitrogens with one attached hydrogen (secondary N) is 1. The van der Waals surface area contributed by atoms with Gasteiger partial charge in [-0.3, -0.25) is 4.79 Å². The number of likely N-dealkylation sites (N-methyl/N-ethyl adjacent to an activating group) is 1. The maximum atomic E-state index is 11.2. The first-order valence-electron chi connectivity index (χ1n) is 4.73. The molecule has 16 heavy (non-hydrogen) atoms. The number of hydrogen-bond donors (Lipinski definition) is 2. The first-order valence-corrected chi connectivity index (χ1v) is 5.55. The average molecular weight is 242 g/mol. The first-order chi connectivity index (χ1) is 7.50. The summed E-state index contributed by atoms with van der Waals surface area (Å²) in [6, 6.07) is 3.32. The fourth-order valence-corrected chi connectivity index (χ4v) is 1.85. The van der Waals surface area contributed by atoms with E-state index in [0.29, 0.717) is 11.4 Å². The second-order valence-corrected chi connectivity index (χ2v) is 4.63. The highest BCUT2D eigenvalue weighted by Crippen LogP contribution is 2.15. The van der Waals surface area contributed by atoms with Gasteiger partial charge in [-0.25, -0.2) is 4.79 Å². The van der Waals surface area contributed by atoms with Crippen molar-refractivity contribution < 1.29 is 14.7 Å². The van der Waals surface area contributed by atoms with E-state index in [4.69, 9.17) is 5.11 Å². The fourth-order valence-electron chi connectivity index (χ4n) is 1.04. The Morgan fingerprint density at radius 2 is 2.12 bits per heavy atom. The van der Waals surface area contributed by atoms with Gasteiger partial charge in [0.2, 0.25) is 5.91 Å². The van der Waals surface area contributed by atoms with E-state index in [1.807, 2.05) is 0 Å². The van der Waals surface area contributed by atoms with Gasteiger partial charge < -0.3 is 15.3 Å². The third-order valence-corrected chi connectivity index (χ3v) is 3.02. The topological polar surface area (TPSA) is 69.6 Å². The van der Waals surface area contributed by atoms with Crippen LogP contribution in [-0.4, -0.2) is 42.5 Å². The molecule has 1 aromatic rings. The van der Waals surface area contributed by atoms with Crippen LogP contribution in [0.25, 0.3) is 0 Å². The standard InChI is InChI=1S/C10H14N2O3S/c1-12(2)9(13)6-11-5-7-3-4-8(16-7)10(14)15/h3-4,11H,5-6H2,1-2H3,(H,14,15). The van der Waals surface area contributed by atoms with Crippen LogP contribution in [0.1, 0.15) is 14.5 Å². The van der Waals surface area contributed by atoms with Gasteiger partial charge in [-0.15, -0.1) is 11.3 Å². The summed E-state index contributed by atoms with van der Waals surface area (Å²) in [5.74, 6) is -0.921. The second-order valence-electron chi connectivity index (χ2n) is 3.46. The Labute approximate surface area is 97.7 Å². The Morgan fingerprint density at radius 1 is 1.44 bits per heavy atom. The van der Waals surface area contributed by atoms with E-state index < -0.39 is 5.97 Å². The van der Waals surface area contributed by atoms with Crippen LogP contribution in [0.3, 0.4) is 0 Å². The number of carbonyl (C=O) groups excluding carboxylic acids is 1. The summed E-state index contributed by atoms with van der Waals surface area (Å²) in [5.41, 5.74) is 0. The van der Waals surface area contributed by atoms with Crippen LogP contribution in [-0.2, 0) is 11.3 Å². The number of rotatable bonds is 5. The maximum absolute atomic E-state index is 11.2. The van der Waals surface area contributed by atoms with E-state index in [0.717, 1.165) is 4.88 Å². The number of hydrogen-bond acceptors (Lipinski definition) is 4. The number of aromatic carboxylic acids is 1. The molecule has 0 radical (unpaired) electrons. The van der Waals surface area contributed by atoms with E-state index in [1.54, 1.807) is 26.2 Å². The maximum Gasteiger partial charge on any atom is 0.345 e. The van der Waals surface area contributed by atoms with Crippen LogP contribution in [0.4, 0.5) is 0 Å². The Hall–Kier alpha value is -1.40. The predicted molar refractivity (Wildman–Crippen MR) is 61.7 cm³/mol.